The third-order valence-corrected chi connectivity index (χ3v) is 3.62. The third-order valence-electron chi connectivity index (χ3n) is 2.82. The van der Waals surface area contributed by atoms with Gasteiger partial charge in [0.05, 0.1) is 5.51 Å². The number of nitrogens with two attached hydrogens (primary N) is 1. The van der Waals surface area contributed by atoms with Crippen molar-refractivity contribution in [3.05, 3.63) is 51.5 Å². The Morgan fingerprint density at radius 2 is 2.00 bits per heavy atom. The van der Waals surface area contributed by atoms with Crippen molar-refractivity contribution in [1.29, 1.82) is 0 Å². The molecular weight excluding hydrogens is 216 g/mol. The molecule has 0 radical (unpaired) electrons. The number of aryl methyl sites for hydroxylation is 2. The van der Waals surface area contributed by atoms with Crippen LogP contribution in [0.15, 0.2) is 29.9 Å². The van der Waals surface area contributed by atoms with Gasteiger partial charge in [-0.05, 0) is 30.5 Å². The summed E-state index contributed by atoms with van der Waals surface area (Å²) in [5.74, 6) is 0. The smallest absolute Gasteiger partial charge is 0.0794 e. The van der Waals surface area contributed by atoms with E-state index in [9.17, 15) is 0 Å². The van der Waals surface area contributed by atoms with Crippen molar-refractivity contribution in [3.63, 3.8) is 0 Å². The van der Waals surface area contributed by atoms with Gasteiger partial charge in [0, 0.05) is 23.5 Å². The molecule has 0 spiro atoms. The molecule has 1 heterocycles. The molecule has 0 aliphatic rings. The lowest BCUT2D eigenvalue weighted by atomic mass is 9.94. The van der Waals surface area contributed by atoms with Crippen LogP contribution < -0.4 is 5.73 Å². The lowest BCUT2D eigenvalue weighted by molar-refractivity contribution is 0.718. The molecule has 0 saturated heterocycles. The zero-order valence-electron chi connectivity index (χ0n) is 9.60. The maximum absolute atomic E-state index is 6.27. The number of benzene rings is 1. The van der Waals surface area contributed by atoms with Crippen LogP contribution in [-0.2, 0) is 6.42 Å². The fraction of sp³-hybridized carbons (Fsp3) is 0.308. The molecule has 0 aliphatic carbocycles. The van der Waals surface area contributed by atoms with Gasteiger partial charge in [0.15, 0.2) is 0 Å². The summed E-state index contributed by atoms with van der Waals surface area (Å²) in [6.45, 7) is 4.24. The van der Waals surface area contributed by atoms with Gasteiger partial charge in [-0.1, -0.05) is 18.2 Å². The van der Waals surface area contributed by atoms with Crippen molar-refractivity contribution in [2.45, 2.75) is 26.3 Å². The van der Waals surface area contributed by atoms with Crippen molar-refractivity contribution >= 4 is 11.3 Å². The van der Waals surface area contributed by atoms with Gasteiger partial charge in [0.1, 0.15) is 0 Å². The summed E-state index contributed by atoms with van der Waals surface area (Å²) in [5, 5.41) is 0. The normalized spacial score (nSPS) is 12.7. The minimum atomic E-state index is 0.0710. The molecule has 3 heteroatoms. The average Bonchev–Trinajstić information content (AvgIpc) is 2.70. The molecule has 1 atom stereocenters. The second-order valence-corrected chi connectivity index (χ2v) is 5.05. The zero-order chi connectivity index (χ0) is 11.5. The van der Waals surface area contributed by atoms with E-state index in [1.54, 1.807) is 11.3 Å². The first-order chi connectivity index (χ1) is 7.68. The van der Waals surface area contributed by atoms with Crippen LogP contribution in [0.1, 0.15) is 27.6 Å². The molecule has 2 aromatic rings. The predicted octanol–water partition coefficient (Wildman–Crippen LogP) is 3.00. The Morgan fingerprint density at radius 3 is 2.56 bits per heavy atom. The number of hydrogen-bond donors (Lipinski definition) is 1. The van der Waals surface area contributed by atoms with E-state index in [-0.39, 0.29) is 6.04 Å². The second-order valence-electron chi connectivity index (χ2n) is 4.08. The van der Waals surface area contributed by atoms with Crippen molar-refractivity contribution in [2.75, 3.05) is 0 Å². The Kier molecular flexibility index (Phi) is 3.36. The Bertz CT molecular complexity index is 443. The van der Waals surface area contributed by atoms with Crippen LogP contribution in [0.3, 0.4) is 0 Å². The summed E-state index contributed by atoms with van der Waals surface area (Å²) in [5.41, 5.74) is 11.9. The Hall–Kier alpha value is -1.19. The van der Waals surface area contributed by atoms with E-state index in [4.69, 9.17) is 5.73 Å². The second kappa shape index (κ2) is 4.76. The molecule has 0 bridgehead atoms. The van der Waals surface area contributed by atoms with E-state index in [0.717, 1.165) is 6.42 Å². The minimum absolute atomic E-state index is 0.0710. The van der Waals surface area contributed by atoms with E-state index in [2.05, 4.69) is 37.0 Å². The number of aromatic nitrogens is 1. The van der Waals surface area contributed by atoms with E-state index in [1.165, 1.54) is 21.6 Å². The predicted molar refractivity (Wildman–Crippen MR) is 68.7 cm³/mol. The van der Waals surface area contributed by atoms with Crippen molar-refractivity contribution < 1.29 is 0 Å². The van der Waals surface area contributed by atoms with E-state index in [0.29, 0.717) is 0 Å². The summed E-state index contributed by atoms with van der Waals surface area (Å²) in [7, 11) is 0. The molecular formula is C13H16N2S. The van der Waals surface area contributed by atoms with Crippen LogP contribution in [0.4, 0.5) is 0 Å². The number of nitrogens with zero attached hydrogens (tertiary/aromatic N) is 1. The van der Waals surface area contributed by atoms with Gasteiger partial charge in [-0.2, -0.15) is 0 Å². The highest BCUT2D eigenvalue weighted by Crippen LogP contribution is 2.24. The minimum Gasteiger partial charge on any atom is -0.324 e. The average molecular weight is 232 g/mol. The van der Waals surface area contributed by atoms with Crippen LogP contribution in [-0.4, -0.2) is 4.98 Å². The molecule has 84 valence electrons. The Balaban J connectivity index is 2.24. The lowest BCUT2D eigenvalue weighted by Crippen LogP contribution is -2.15. The van der Waals surface area contributed by atoms with Crippen molar-refractivity contribution in [1.82, 2.24) is 4.98 Å². The largest absolute Gasteiger partial charge is 0.324 e. The van der Waals surface area contributed by atoms with Gasteiger partial charge in [-0.25, -0.2) is 0 Å². The van der Waals surface area contributed by atoms with Gasteiger partial charge >= 0.3 is 0 Å². The molecule has 2 N–H and O–H groups in total. The highest BCUT2D eigenvalue weighted by molar-refractivity contribution is 7.09. The summed E-state index contributed by atoms with van der Waals surface area (Å²) < 4.78 is 0. The molecule has 1 aromatic carbocycles. The molecule has 0 amide bonds. The number of rotatable bonds is 3. The van der Waals surface area contributed by atoms with E-state index < -0.39 is 0 Å². The zero-order valence-corrected chi connectivity index (χ0v) is 10.4. The van der Waals surface area contributed by atoms with Gasteiger partial charge < -0.3 is 5.73 Å². The SMILES string of the molecule is Cc1cccc(C)c1C(N)Cc1cncs1. The summed E-state index contributed by atoms with van der Waals surface area (Å²) >= 11 is 1.67. The van der Waals surface area contributed by atoms with E-state index >= 15 is 0 Å². The summed E-state index contributed by atoms with van der Waals surface area (Å²) in [6.07, 6.45) is 2.77. The van der Waals surface area contributed by atoms with Gasteiger partial charge in [-0.3, -0.25) is 4.98 Å². The Morgan fingerprint density at radius 1 is 1.31 bits per heavy atom. The van der Waals surface area contributed by atoms with Crippen LogP contribution in [0.25, 0.3) is 0 Å². The Labute approximate surface area is 100 Å². The number of thiazole rings is 1. The van der Waals surface area contributed by atoms with Gasteiger partial charge in [0.2, 0.25) is 0 Å². The maximum Gasteiger partial charge on any atom is 0.0794 e. The van der Waals surface area contributed by atoms with Gasteiger partial charge in [-0.15, -0.1) is 11.3 Å². The molecule has 2 rings (SSSR count). The molecule has 16 heavy (non-hydrogen) atoms. The first-order valence-corrected chi connectivity index (χ1v) is 6.25. The summed E-state index contributed by atoms with van der Waals surface area (Å²) in [6, 6.07) is 6.39. The fourth-order valence-electron chi connectivity index (χ4n) is 2.07. The maximum atomic E-state index is 6.27. The van der Waals surface area contributed by atoms with Crippen LogP contribution in [0.2, 0.25) is 0 Å². The highest BCUT2D eigenvalue weighted by Gasteiger charge is 2.12. The fourth-order valence-corrected chi connectivity index (χ4v) is 2.73. The first kappa shape index (κ1) is 11.3. The first-order valence-electron chi connectivity index (χ1n) is 5.37. The van der Waals surface area contributed by atoms with Crippen molar-refractivity contribution in [2.24, 2.45) is 5.73 Å². The van der Waals surface area contributed by atoms with E-state index in [1.807, 2.05) is 11.7 Å². The number of hydrogen-bond acceptors (Lipinski definition) is 3. The topological polar surface area (TPSA) is 38.9 Å². The third kappa shape index (κ3) is 2.31. The lowest BCUT2D eigenvalue weighted by Gasteiger charge is -2.16. The highest BCUT2D eigenvalue weighted by atomic mass is 32.1. The molecule has 0 aliphatic heterocycles. The van der Waals surface area contributed by atoms with Crippen LogP contribution in [0, 0.1) is 13.8 Å². The molecule has 0 fully saturated rings. The standard InChI is InChI=1S/C13H16N2S/c1-9-4-3-5-10(2)13(9)12(14)6-11-7-15-8-16-11/h3-5,7-8,12H,6,14H2,1-2H3. The monoisotopic (exact) mass is 232 g/mol. The molecule has 1 unspecified atom stereocenters. The quantitative estimate of drug-likeness (QED) is 0.883. The van der Waals surface area contributed by atoms with Crippen LogP contribution in [0.5, 0.6) is 0 Å². The summed E-state index contributed by atoms with van der Waals surface area (Å²) in [4.78, 5) is 5.32. The molecule has 1 aromatic heterocycles. The molecule has 2 nitrogen and oxygen atoms in total. The van der Waals surface area contributed by atoms with Crippen molar-refractivity contribution in [3.8, 4) is 0 Å². The molecule has 0 saturated carbocycles. The van der Waals surface area contributed by atoms with Gasteiger partial charge in [0.25, 0.3) is 0 Å². The van der Waals surface area contributed by atoms with Crippen LogP contribution >= 0.6 is 11.3 Å².